The summed E-state index contributed by atoms with van der Waals surface area (Å²) in [7, 11) is 0. The summed E-state index contributed by atoms with van der Waals surface area (Å²) in [5, 5.41) is 12.1. The van der Waals surface area contributed by atoms with Crippen molar-refractivity contribution in [1.29, 1.82) is 5.26 Å². The van der Waals surface area contributed by atoms with Crippen molar-refractivity contribution >= 4 is 23.1 Å². The molecule has 2 aromatic rings. The van der Waals surface area contributed by atoms with Crippen LogP contribution >= 0.6 is 11.3 Å². The maximum absolute atomic E-state index is 12.9. The minimum Gasteiger partial charge on any atom is -0.376 e. The zero-order chi connectivity index (χ0) is 22.1. The highest BCUT2D eigenvalue weighted by molar-refractivity contribution is 7.12. The van der Waals surface area contributed by atoms with E-state index in [4.69, 9.17) is 9.72 Å². The number of amides is 1. The second-order valence-electron chi connectivity index (χ2n) is 9.17. The third kappa shape index (κ3) is 3.91. The third-order valence-electron chi connectivity index (χ3n) is 7.19. The zero-order valence-electron chi connectivity index (χ0n) is 18.7. The highest BCUT2D eigenvalue weighted by atomic mass is 32.1. The Morgan fingerprint density at radius 2 is 2.09 bits per heavy atom. The Bertz CT molecular complexity index is 1020. The van der Waals surface area contributed by atoms with Crippen molar-refractivity contribution in [2.45, 2.75) is 64.0 Å². The number of anilines is 1. The minimum absolute atomic E-state index is 0.0594. The van der Waals surface area contributed by atoms with Crippen molar-refractivity contribution in [3.63, 3.8) is 0 Å². The lowest BCUT2D eigenvalue weighted by Crippen LogP contribution is -2.54. The summed E-state index contributed by atoms with van der Waals surface area (Å²) in [4.78, 5) is 23.1. The first kappa shape index (κ1) is 21.4. The molecule has 2 aromatic heterocycles. The van der Waals surface area contributed by atoms with Crippen molar-refractivity contribution in [3.05, 3.63) is 44.8 Å². The number of hydrogen-bond donors (Lipinski definition) is 0. The van der Waals surface area contributed by atoms with Crippen LogP contribution in [0.1, 0.15) is 77.0 Å². The van der Waals surface area contributed by atoms with Crippen LogP contribution in [0, 0.1) is 11.3 Å². The molecule has 1 saturated heterocycles. The van der Waals surface area contributed by atoms with Gasteiger partial charge in [0.1, 0.15) is 11.9 Å². The fourth-order valence-corrected chi connectivity index (χ4v) is 6.20. The van der Waals surface area contributed by atoms with Gasteiger partial charge in [-0.3, -0.25) is 4.79 Å². The van der Waals surface area contributed by atoms with Crippen LogP contribution < -0.4 is 4.90 Å². The van der Waals surface area contributed by atoms with Gasteiger partial charge in [-0.15, -0.1) is 11.3 Å². The summed E-state index contributed by atoms with van der Waals surface area (Å²) in [5.41, 5.74) is 4.20. The van der Waals surface area contributed by atoms with Gasteiger partial charge in [0.15, 0.2) is 0 Å². The number of nitrogens with zero attached hydrogens (tertiary/aromatic N) is 4. The number of carbonyl (C=O) groups excluding carboxylic acids is 1. The maximum atomic E-state index is 12.9. The lowest BCUT2D eigenvalue weighted by atomic mass is 9.82. The number of piperazine rings is 1. The Morgan fingerprint density at radius 1 is 1.25 bits per heavy atom. The average molecular weight is 451 g/mol. The molecule has 1 aliphatic carbocycles. The molecule has 0 N–H and O–H groups in total. The van der Waals surface area contributed by atoms with Crippen molar-refractivity contribution < 1.29 is 9.53 Å². The maximum Gasteiger partial charge on any atom is 0.264 e. The van der Waals surface area contributed by atoms with Crippen LogP contribution in [0.25, 0.3) is 0 Å². The molecule has 2 aliphatic heterocycles. The van der Waals surface area contributed by atoms with E-state index in [1.54, 1.807) is 0 Å². The SMILES string of the molecule is CC1CN(c2nc(C3CCCCC3)c3c(c2C#N)CCOC3)CCN1C(=O)c1cccs1. The van der Waals surface area contributed by atoms with Crippen LogP contribution in [0.4, 0.5) is 5.82 Å². The van der Waals surface area contributed by atoms with E-state index in [9.17, 15) is 10.1 Å². The summed E-state index contributed by atoms with van der Waals surface area (Å²) < 4.78 is 5.80. The quantitative estimate of drug-likeness (QED) is 0.689. The normalized spacial score (nSPS) is 21.8. The second kappa shape index (κ2) is 9.21. The summed E-state index contributed by atoms with van der Waals surface area (Å²) in [5.74, 6) is 1.39. The minimum atomic E-state index is 0.0594. The molecule has 0 bridgehead atoms. The molecule has 7 heteroatoms. The lowest BCUT2D eigenvalue weighted by Gasteiger charge is -2.41. The highest BCUT2D eigenvalue weighted by Gasteiger charge is 2.33. The highest BCUT2D eigenvalue weighted by Crippen LogP contribution is 2.39. The van der Waals surface area contributed by atoms with Gasteiger partial charge in [-0.2, -0.15) is 5.26 Å². The topological polar surface area (TPSA) is 69.5 Å². The molecule has 0 radical (unpaired) electrons. The van der Waals surface area contributed by atoms with Gasteiger partial charge in [0.2, 0.25) is 0 Å². The van der Waals surface area contributed by atoms with E-state index < -0.39 is 0 Å². The number of aromatic nitrogens is 1. The van der Waals surface area contributed by atoms with E-state index >= 15 is 0 Å². The molecule has 4 heterocycles. The van der Waals surface area contributed by atoms with Crippen molar-refractivity contribution in [3.8, 4) is 6.07 Å². The van der Waals surface area contributed by atoms with Gasteiger partial charge in [-0.05, 0) is 43.2 Å². The number of carbonyl (C=O) groups is 1. The first-order valence-electron chi connectivity index (χ1n) is 11.8. The molecule has 3 aliphatic rings. The molecule has 5 rings (SSSR count). The Kier molecular flexibility index (Phi) is 6.16. The molecule has 32 heavy (non-hydrogen) atoms. The van der Waals surface area contributed by atoms with E-state index in [2.05, 4.69) is 17.9 Å². The smallest absolute Gasteiger partial charge is 0.264 e. The molecule has 1 unspecified atom stereocenters. The first-order chi connectivity index (χ1) is 15.7. The van der Waals surface area contributed by atoms with E-state index in [-0.39, 0.29) is 11.9 Å². The number of fused-ring (bicyclic) bond motifs is 1. The predicted molar refractivity (Wildman–Crippen MR) is 125 cm³/mol. The zero-order valence-corrected chi connectivity index (χ0v) is 19.5. The number of thiophene rings is 1. The summed E-state index contributed by atoms with van der Waals surface area (Å²) in [6.45, 7) is 5.36. The molecular weight excluding hydrogens is 420 g/mol. The molecule has 1 saturated carbocycles. The van der Waals surface area contributed by atoms with Gasteiger partial charge in [0, 0.05) is 37.2 Å². The number of rotatable bonds is 3. The molecular formula is C25H30N4O2S. The fourth-order valence-electron chi connectivity index (χ4n) is 5.52. The molecule has 6 nitrogen and oxygen atoms in total. The Hall–Kier alpha value is -2.43. The van der Waals surface area contributed by atoms with E-state index in [0.717, 1.165) is 28.4 Å². The first-order valence-corrected chi connectivity index (χ1v) is 12.7. The van der Waals surface area contributed by atoms with Gasteiger partial charge in [-0.1, -0.05) is 25.3 Å². The van der Waals surface area contributed by atoms with Gasteiger partial charge < -0.3 is 14.5 Å². The monoisotopic (exact) mass is 450 g/mol. The average Bonchev–Trinajstić information content (AvgIpc) is 3.38. The second-order valence-corrected chi connectivity index (χ2v) is 10.1. The van der Waals surface area contributed by atoms with E-state index in [0.29, 0.717) is 44.3 Å². The van der Waals surface area contributed by atoms with Crippen molar-refractivity contribution in [2.75, 3.05) is 31.1 Å². The molecule has 0 spiro atoms. The largest absolute Gasteiger partial charge is 0.376 e. The summed E-state index contributed by atoms with van der Waals surface area (Å²) in [6, 6.07) is 6.36. The Morgan fingerprint density at radius 3 is 2.81 bits per heavy atom. The van der Waals surface area contributed by atoms with E-state index in [1.165, 1.54) is 49.0 Å². The van der Waals surface area contributed by atoms with E-state index in [1.807, 2.05) is 22.4 Å². The third-order valence-corrected chi connectivity index (χ3v) is 8.05. The van der Waals surface area contributed by atoms with Crippen LogP contribution in [0.3, 0.4) is 0 Å². The Labute approximate surface area is 193 Å². The molecule has 0 aromatic carbocycles. The molecule has 1 atom stereocenters. The van der Waals surface area contributed by atoms with Gasteiger partial charge >= 0.3 is 0 Å². The standard InChI is InChI=1S/C25H30N4O2S/c1-17-15-28(10-11-29(17)25(30)22-8-5-13-32-22)24-20(14-26)19-9-12-31-16-21(19)23(27-24)18-6-3-2-4-7-18/h5,8,13,17-18H,2-4,6-7,9-12,15-16H2,1H3. The predicted octanol–water partition coefficient (Wildman–Crippen LogP) is 4.49. The van der Waals surface area contributed by atoms with Gasteiger partial charge in [0.05, 0.1) is 29.3 Å². The molecule has 168 valence electrons. The van der Waals surface area contributed by atoms with Crippen LogP contribution in [-0.4, -0.2) is 48.1 Å². The number of nitriles is 1. The summed E-state index contributed by atoms with van der Waals surface area (Å²) >= 11 is 1.49. The van der Waals surface area contributed by atoms with Crippen LogP contribution in [0.2, 0.25) is 0 Å². The molecule has 1 amide bonds. The number of hydrogen-bond acceptors (Lipinski definition) is 6. The van der Waals surface area contributed by atoms with Crippen LogP contribution in [0.5, 0.6) is 0 Å². The number of pyridine rings is 1. The number of ether oxygens (including phenoxy) is 1. The van der Waals surface area contributed by atoms with Crippen molar-refractivity contribution in [2.24, 2.45) is 0 Å². The van der Waals surface area contributed by atoms with Crippen LogP contribution in [-0.2, 0) is 17.8 Å². The van der Waals surface area contributed by atoms with Gasteiger partial charge in [0.25, 0.3) is 5.91 Å². The van der Waals surface area contributed by atoms with Crippen molar-refractivity contribution in [1.82, 2.24) is 9.88 Å². The van der Waals surface area contributed by atoms with Crippen LogP contribution in [0.15, 0.2) is 17.5 Å². The summed E-state index contributed by atoms with van der Waals surface area (Å²) in [6.07, 6.45) is 6.92. The van der Waals surface area contributed by atoms with Gasteiger partial charge in [-0.25, -0.2) is 4.98 Å². The fraction of sp³-hybridized carbons (Fsp3) is 0.560. The lowest BCUT2D eigenvalue weighted by molar-refractivity contribution is 0.0678. The Balaban J connectivity index is 1.46. The molecule has 2 fully saturated rings.